The summed E-state index contributed by atoms with van der Waals surface area (Å²) in [4.78, 5) is 0. The molecule has 72 heavy (non-hydrogen) atoms. The van der Waals surface area contributed by atoms with E-state index in [0.717, 1.165) is 0 Å². The van der Waals surface area contributed by atoms with E-state index in [9.17, 15) is 81.7 Å². The molecule has 4 saturated carbocycles. The van der Waals surface area contributed by atoms with Crippen LogP contribution in [0.1, 0.15) is 154 Å². The maximum absolute atomic E-state index is 10.7. The number of rotatable bonds is 0. The van der Waals surface area contributed by atoms with Crippen LogP contribution in [-0.2, 0) is 0 Å². The van der Waals surface area contributed by atoms with Gasteiger partial charge in [0.15, 0.2) is 0 Å². The van der Waals surface area contributed by atoms with E-state index in [1.165, 1.54) is 0 Å². The van der Waals surface area contributed by atoms with E-state index in [0.29, 0.717) is 103 Å². The SMILES string of the molecule is O[C@@]12CC=CC[C@@]1(O)C[C@@]1(O)CC=CC[C@]1(O)C2.O[C@@]12CC=CC[C@@]1(O)C[C@@]1(O)CC=CC[C@]1(O)C2.O[C@@]12CC=CC[C@@]1(O)C[C@@]1(O)CC=CC[C@]1(O)C2.O[C@@]12CC=CC[C@@]1(O)C[C@@]1(O)CC=CC[C@]1(O)C2. The summed E-state index contributed by atoms with van der Waals surface area (Å²) in [6.07, 6.45) is 34.7. The van der Waals surface area contributed by atoms with Crippen LogP contribution in [0, 0.1) is 0 Å². The maximum atomic E-state index is 10.7. The third kappa shape index (κ3) is 8.25. The lowest BCUT2D eigenvalue weighted by Gasteiger charge is -2.60. The maximum Gasteiger partial charge on any atom is 0.1000 e. The van der Waals surface area contributed by atoms with Gasteiger partial charge < -0.3 is 81.7 Å². The van der Waals surface area contributed by atoms with Crippen molar-refractivity contribution in [2.75, 3.05) is 0 Å². The van der Waals surface area contributed by atoms with Crippen LogP contribution in [0.5, 0.6) is 0 Å². The minimum Gasteiger partial charge on any atom is -0.386 e. The molecule has 16 nitrogen and oxygen atoms in total. The fourth-order valence-corrected chi connectivity index (χ4v) is 15.1. The average molecular weight is 1010 g/mol. The van der Waals surface area contributed by atoms with E-state index in [4.69, 9.17) is 0 Å². The molecule has 0 unspecified atom stereocenters. The lowest BCUT2D eigenvalue weighted by molar-refractivity contribution is -0.288. The zero-order chi connectivity index (χ0) is 52.3. The smallest absolute Gasteiger partial charge is 0.1000 e. The molecule has 0 saturated heterocycles. The summed E-state index contributed by atoms with van der Waals surface area (Å²) >= 11 is 0. The molecule has 0 aromatic heterocycles. The van der Waals surface area contributed by atoms with Crippen LogP contribution in [0.15, 0.2) is 97.2 Å². The van der Waals surface area contributed by atoms with Gasteiger partial charge in [0.25, 0.3) is 0 Å². The topological polar surface area (TPSA) is 324 Å². The van der Waals surface area contributed by atoms with Crippen LogP contribution in [0.3, 0.4) is 0 Å². The highest BCUT2D eigenvalue weighted by Gasteiger charge is 2.70. The molecule has 0 spiro atoms. The second-order valence-electron chi connectivity index (χ2n) is 25.0. The van der Waals surface area contributed by atoms with Gasteiger partial charge in [0.2, 0.25) is 0 Å². The number of fused-ring (bicyclic) bond motifs is 8. The lowest BCUT2D eigenvalue weighted by Crippen LogP contribution is -2.73. The number of hydrogen-bond donors (Lipinski definition) is 16. The van der Waals surface area contributed by atoms with E-state index in [1.54, 1.807) is 0 Å². The average Bonchev–Trinajstić information content (AvgIpc) is 3.27. The first-order chi connectivity index (χ1) is 33.3. The van der Waals surface area contributed by atoms with E-state index in [1.807, 2.05) is 97.2 Å². The quantitative estimate of drug-likeness (QED) is 0.153. The molecule has 0 aromatic carbocycles. The van der Waals surface area contributed by atoms with Crippen molar-refractivity contribution < 1.29 is 81.7 Å². The van der Waals surface area contributed by atoms with Gasteiger partial charge in [0.1, 0.15) is 0 Å². The second-order valence-corrected chi connectivity index (χ2v) is 25.0. The summed E-state index contributed by atoms with van der Waals surface area (Å²) in [5.41, 5.74) is -21.4. The van der Waals surface area contributed by atoms with Gasteiger partial charge in [-0.1, -0.05) is 97.2 Å². The Balaban J connectivity index is 0.000000119. The van der Waals surface area contributed by atoms with Crippen molar-refractivity contribution in [3.8, 4) is 0 Å². The molecule has 0 aromatic rings. The van der Waals surface area contributed by atoms with Crippen molar-refractivity contribution in [2.45, 2.75) is 244 Å². The Morgan fingerprint density at radius 3 is 0.236 bits per heavy atom. The van der Waals surface area contributed by atoms with Gasteiger partial charge in [0, 0.05) is 51.4 Å². The first-order valence-electron chi connectivity index (χ1n) is 26.1. The van der Waals surface area contributed by atoms with Crippen LogP contribution in [0.2, 0.25) is 0 Å². The fraction of sp³-hybridized carbons (Fsp3) is 0.714. The van der Waals surface area contributed by atoms with E-state index >= 15 is 0 Å². The molecular weight excluding hydrogens is 929 g/mol. The van der Waals surface area contributed by atoms with Crippen molar-refractivity contribution in [1.82, 2.24) is 0 Å². The summed E-state index contributed by atoms with van der Waals surface area (Å²) in [5.74, 6) is 0. The molecular formula is C56H80O16. The van der Waals surface area contributed by atoms with E-state index in [2.05, 4.69) is 0 Å². The van der Waals surface area contributed by atoms with Gasteiger partial charge in [-0.15, -0.1) is 0 Å². The number of aliphatic hydroxyl groups is 16. The largest absolute Gasteiger partial charge is 0.386 e. The Morgan fingerprint density at radius 1 is 0.125 bits per heavy atom. The van der Waals surface area contributed by atoms with Gasteiger partial charge in [-0.2, -0.15) is 0 Å². The third-order valence-corrected chi connectivity index (χ3v) is 20.2. The van der Waals surface area contributed by atoms with Crippen molar-refractivity contribution in [3.63, 3.8) is 0 Å². The summed E-state index contributed by atoms with van der Waals surface area (Å²) in [6.45, 7) is 0. The Bertz CT molecular complexity index is 1740. The Morgan fingerprint density at radius 2 is 0.181 bits per heavy atom. The standard InChI is InChI=1S/4C14H20O4/c4*15-11-5-1-2-6-12(11,16)10-14(18)8-4-3-7-13(14,17)9-11/h4*1-4,15-18H,5-10H2/t4*11-,12-,13+,14+. The second kappa shape index (κ2) is 17.4. The highest BCUT2D eigenvalue weighted by Crippen LogP contribution is 2.60. The summed E-state index contributed by atoms with van der Waals surface area (Å²) < 4.78 is 0. The molecule has 4 fully saturated rings. The van der Waals surface area contributed by atoms with Crippen molar-refractivity contribution in [3.05, 3.63) is 97.2 Å². The Labute approximate surface area is 421 Å². The highest BCUT2D eigenvalue weighted by molar-refractivity contribution is 5.31. The summed E-state index contributed by atoms with van der Waals surface area (Å²) in [7, 11) is 0. The molecule has 0 aliphatic heterocycles. The van der Waals surface area contributed by atoms with Gasteiger partial charge >= 0.3 is 0 Å². The van der Waals surface area contributed by atoms with Gasteiger partial charge in [-0.25, -0.2) is 0 Å². The van der Waals surface area contributed by atoms with Gasteiger partial charge in [-0.3, -0.25) is 0 Å². The van der Waals surface area contributed by atoms with Gasteiger partial charge in [0.05, 0.1) is 89.6 Å². The van der Waals surface area contributed by atoms with E-state index in [-0.39, 0.29) is 51.4 Å². The monoisotopic (exact) mass is 1010 g/mol. The molecule has 400 valence electrons. The van der Waals surface area contributed by atoms with E-state index < -0.39 is 89.6 Å². The Kier molecular flexibility index (Phi) is 13.1. The van der Waals surface area contributed by atoms with Crippen molar-refractivity contribution in [2.24, 2.45) is 0 Å². The van der Waals surface area contributed by atoms with Crippen LogP contribution in [0.4, 0.5) is 0 Å². The van der Waals surface area contributed by atoms with Crippen LogP contribution in [0.25, 0.3) is 0 Å². The third-order valence-electron chi connectivity index (χ3n) is 20.2. The van der Waals surface area contributed by atoms with Crippen molar-refractivity contribution in [1.29, 1.82) is 0 Å². The minimum absolute atomic E-state index is 0.0156. The highest BCUT2D eigenvalue weighted by atomic mass is 16.4. The predicted octanol–water partition coefficient (Wildman–Crippen LogP) is 1.62. The number of hydrogen-bond acceptors (Lipinski definition) is 16. The van der Waals surface area contributed by atoms with Gasteiger partial charge in [-0.05, 0) is 103 Å². The molecule has 0 amide bonds. The molecule has 12 aliphatic rings. The fourth-order valence-electron chi connectivity index (χ4n) is 15.1. The zero-order valence-corrected chi connectivity index (χ0v) is 41.4. The normalized spacial score (nSPS) is 54.9. The first-order valence-corrected chi connectivity index (χ1v) is 26.1. The van der Waals surface area contributed by atoms with Crippen LogP contribution < -0.4 is 0 Å². The zero-order valence-electron chi connectivity index (χ0n) is 41.4. The van der Waals surface area contributed by atoms with Crippen LogP contribution in [-0.4, -0.2) is 171 Å². The summed E-state index contributed by atoms with van der Waals surface area (Å²) in [6, 6.07) is 0. The minimum atomic E-state index is -1.34. The molecule has 12 aliphatic carbocycles. The molecule has 12 rings (SSSR count). The first kappa shape index (κ1) is 54.1. The lowest BCUT2D eigenvalue weighted by atomic mass is 9.53. The summed E-state index contributed by atoms with van der Waals surface area (Å²) in [5, 5.41) is 171. The van der Waals surface area contributed by atoms with Crippen LogP contribution >= 0.6 is 0 Å². The van der Waals surface area contributed by atoms with Crippen molar-refractivity contribution >= 4 is 0 Å². The molecule has 0 heterocycles. The Hall–Kier alpha value is -2.72. The predicted molar refractivity (Wildman–Crippen MR) is 263 cm³/mol. The molecule has 16 N–H and O–H groups in total. The molecule has 0 radical (unpaired) electrons. The molecule has 16 heteroatoms. The molecule has 16 atom stereocenters. The molecule has 0 bridgehead atoms.